The van der Waals surface area contributed by atoms with E-state index >= 15 is 0 Å². The molecule has 6 nitrogen and oxygen atoms in total. The number of methoxy groups -OCH3 is 1. The number of rotatable bonds is 6. The van der Waals surface area contributed by atoms with E-state index in [9.17, 15) is 4.79 Å². The van der Waals surface area contributed by atoms with Crippen LogP contribution >= 0.6 is 0 Å². The van der Waals surface area contributed by atoms with Crippen molar-refractivity contribution in [1.29, 1.82) is 10.5 Å². The molecule has 130 valence electrons. The lowest BCUT2D eigenvalue weighted by Crippen LogP contribution is -2.09. The van der Waals surface area contributed by atoms with Gasteiger partial charge in [0.25, 0.3) is 0 Å². The number of nitrogens with one attached hydrogen (secondary N) is 1. The number of hydrogen-bond donors (Lipinski definition) is 1. The largest absolute Gasteiger partial charge is 0.486 e. The second-order valence-electron chi connectivity index (χ2n) is 5.38. The van der Waals surface area contributed by atoms with E-state index in [0.29, 0.717) is 5.69 Å². The highest BCUT2D eigenvalue weighted by atomic mass is 16.5. The summed E-state index contributed by atoms with van der Waals surface area (Å²) in [6.45, 7) is 2.06. The Kier molecular flexibility index (Phi) is 6.36. The maximum absolute atomic E-state index is 12.2. The summed E-state index contributed by atoms with van der Waals surface area (Å²) >= 11 is 0. The molecule has 0 amide bonds. The minimum Gasteiger partial charge on any atom is -0.486 e. The fourth-order valence-corrected chi connectivity index (χ4v) is 2.27. The molecule has 2 aromatic rings. The van der Waals surface area contributed by atoms with Crippen LogP contribution in [0.1, 0.15) is 21.5 Å². The van der Waals surface area contributed by atoms with Gasteiger partial charge in [0.15, 0.2) is 5.75 Å². The molecular weight excluding hydrogens is 330 g/mol. The molecule has 2 aromatic carbocycles. The smallest absolute Gasteiger partial charge is 0.341 e. The molecule has 0 unspecified atom stereocenters. The van der Waals surface area contributed by atoms with E-state index in [2.05, 4.69) is 5.32 Å². The highest BCUT2D eigenvalue weighted by molar-refractivity contribution is 5.95. The van der Waals surface area contributed by atoms with Gasteiger partial charge in [0, 0.05) is 6.20 Å². The normalized spacial score (nSPS) is 9.38. The zero-order valence-corrected chi connectivity index (χ0v) is 14.4. The first-order chi connectivity index (χ1) is 12.6. The number of nitrogens with zero attached hydrogens (tertiary/aromatic N) is 2. The predicted octanol–water partition coefficient (Wildman–Crippen LogP) is 3.70. The van der Waals surface area contributed by atoms with Gasteiger partial charge in [0.05, 0.1) is 12.8 Å². The van der Waals surface area contributed by atoms with Crippen molar-refractivity contribution in [3.05, 3.63) is 70.9 Å². The summed E-state index contributed by atoms with van der Waals surface area (Å²) in [5, 5.41) is 20.6. The fourth-order valence-electron chi connectivity index (χ4n) is 2.27. The standard InChI is InChI=1S/C20H17N3O3/c1-14-8-17(20(24)25-2)19(26-13-15-6-4-3-5-7-15)18(9-14)23-12-16(10-21)11-22/h3-9,12,23H,13H2,1-2H3. The number of hydrogen-bond acceptors (Lipinski definition) is 6. The van der Waals surface area contributed by atoms with Crippen LogP contribution < -0.4 is 10.1 Å². The molecule has 0 saturated carbocycles. The van der Waals surface area contributed by atoms with Crippen LogP contribution in [0.15, 0.2) is 54.2 Å². The second-order valence-corrected chi connectivity index (χ2v) is 5.38. The first kappa shape index (κ1) is 18.6. The summed E-state index contributed by atoms with van der Waals surface area (Å²) in [4.78, 5) is 12.2. The first-order valence-corrected chi connectivity index (χ1v) is 7.75. The van der Waals surface area contributed by atoms with Gasteiger partial charge in [-0.2, -0.15) is 10.5 Å². The number of aryl methyl sites for hydroxylation is 1. The average Bonchev–Trinajstić information content (AvgIpc) is 2.67. The maximum Gasteiger partial charge on any atom is 0.341 e. The van der Waals surface area contributed by atoms with Gasteiger partial charge in [0.2, 0.25) is 0 Å². The van der Waals surface area contributed by atoms with Crippen LogP contribution in [0.2, 0.25) is 0 Å². The number of carbonyl (C=O) groups is 1. The Morgan fingerprint density at radius 2 is 1.88 bits per heavy atom. The number of esters is 1. The summed E-state index contributed by atoms with van der Waals surface area (Å²) in [5.74, 6) is -0.248. The van der Waals surface area contributed by atoms with Crippen molar-refractivity contribution >= 4 is 11.7 Å². The van der Waals surface area contributed by atoms with Crippen molar-refractivity contribution in [1.82, 2.24) is 0 Å². The van der Waals surface area contributed by atoms with E-state index in [1.165, 1.54) is 13.3 Å². The summed E-state index contributed by atoms with van der Waals surface area (Å²) in [7, 11) is 1.29. The Balaban J connectivity index is 2.43. The van der Waals surface area contributed by atoms with Crippen molar-refractivity contribution in [3.8, 4) is 17.9 Å². The van der Waals surface area contributed by atoms with E-state index in [0.717, 1.165) is 11.1 Å². The molecule has 0 spiro atoms. The molecule has 2 rings (SSSR count). The molecule has 0 saturated heterocycles. The molecule has 1 N–H and O–H groups in total. The van der Waals surface area contributed by atoms with Crippen LogP contribution in [0.4, 0.5) is 5.69 Å². The molecule has 26 heavy (non-hydrogen) atoms. The molecule has 0 aliphatic rings. The predicted molar refractivity (Wildman–Crippen MR) is 96.2 cm³/mol. The number of allylic oxidation sites excluding steroid dienone is 1. The van der Waals surface area contributed by atoms with E-state index in [-0.39, 0.29) is 23.5 Å². The van der Waals surface area contributed by atoms with Crippen LogP contribution in [0, 0.1) is 29.6 Å². The molecule has 0 heterocycles. The van der Waals surface area contributed by atoms with E-state index in [4.69, 9.17) is 20.0 Å². The number of carbonyl (C=O) groups excluding carboxylic acids is 1. The highest BCUT2D eigenvalue weighted by Gasteiger charge is 2.18. The van der Waals surface area contributed by atoms with Crippen LogP contribution in [0.3, 0.4) is 0 Å². The lowest BCUT2D eigenvalue weighted by molar-refractivity contribution is 0.0595. The molecule has 0 bridgehead atoms. The van der Waals surface area contributed by atoms with Crippen molar-refractivity contribution in [2.24, 2.45) is 0 Å². The van der Waals surface area contributed by atoms with Crippen LogP contribution in [-0.2, 0) is 11.3 Å². The zero-order valence-electron chi connectivity index (χ0n) is 14.4. The summed E-state index contributed by atoms with van der Waals surface area (Å²) < 4.78 is 10.7. The number of nitriles is 2. The molecule has 0 aliphatic heterocycles. The van der Waals surface area contributed by atoms with Gasteiger partial charge >= 0.3 is 5.97 Å². The third-order valence-corrected chi connectivity index (χ3v) is 3.48. The third kappa shape index (κ3) is 4.62. The molecule has 6 heteroatoms. The minimum absolute atomic E-state index is 0.0971. The van der Waals surface area contributed by atoms with Gasteiger partial charge in [-0.25, -0.2) is 4.79 Å². The average molecular weight is 347 g/mol. The SMILES string of the molecule is COC(=O)c1cc(C)cc(NC=C(C#N)C#N)c1OCc1ccccc1. The Hall–Kier alpha value is -3.77. The molecular formula is C20H17N3O3. The van der Waals surface area contributed by atoms with Crippen molar-refractivity contribution in [2.75, 3.05) is 12.4 Å². The van der Waals surface area contributed by atoms with Crippen LogP contribution in [0.5, 0.6) is 5.75 Å². The van der Waals surface area contributed by atoms with Gasteiger partial charge in [-0.15, -0.1) is 0 Å². The number of anilines is 1. The molecule has 0 fully saturated rings. The van der Waals surface area contributed by atoms with Gasteiger partial charge in [-0.1, -0.05) is 30.3 Å². The monoisotopic (exact) mass is 347 g/mol. The van der Waals surface area contributed by atoms with E-state index in [1.807, 2.05) is 37.3 Å². The highest BCUT2D eigenvalue weighted by Crippen LogP contribution is 2.32. The Bertz CT molecular complexity index is 890. The van der Waals surface area contributed by atoms with Gasteiger partial charge in [-0.3, -0.25) is 0 Å². The summed E-state index contributed by atoms with van der Waals surface area (Å²) in [6, 6.07) is 16.5. The number of ether oxygens (including phenoxy) is 2. The Morgan fingerprint density at radius 1 is 1.19 bits per heavy atom. The van der Waals surface area contributed by atoms with Crippen LogP contribution in [0.25, 0.3) is 0 Å². The van der Waals surface area contributed by atoms with Gasteiger partial charge in [0.1, 0.15) is 29.9 Å². The lowest BCUT2D eigenvalue weighted by atomic mass is 10.1. The molecule has 0 aliphatic carbocycles. The maximum atomic E-state index is 12.2. The first-order valence-electron chi connectivity index (χ1n) is 7.75. The second kappa shape index (κ2) is 8.91. The lowest BCUT2D eigenvalue weighted by Gasteiger charge is -2.16. The fraction of sp³-hybridized carbons (Fsp3) is 0.150. The van der Waals surface area contributed by atoms with Crippen molar-refractivity contribution in [3.63, 3.8) is 0 Å². The molecule has 0 atom stereocenters. The van der Waals surface area contributed by atoms with Crippen LogP contribution in [-0.4, -0.2) is 13.1 Å². The topological polar surface area (TPSA) is 95.1 Å². The minimum atomic E-state index is -0.537. The van der Waals surface area contributed by atoms with Crippen molar-refractivity contribution < 1.29 is 14.3 Å². The third-order valence-electron chi connectivity index (χ3n) is 3.48. The summed E-state index contributed by atoms with van der Waals surface area (Å²) in [6.07, 6.45) is 1.27. The zero-order chi connectivity index (χ0) is 18.9. The molecule has 0 radical (unpaired) electrons. The van der Waals surface area contributed by atoms with Gasteiger partial charge in [-0.05, 0) is 30.2 Å². The summed E-state index contributed by atoms with van der Waals surface area (Å²) in [5.41, 5.74) is 2.35. The van der Waals surface area contributed by atoms with E-state index in [1.54, 1.807) is 24.3 Å². The van der Waals surface area contributed by atoms with E-state index < -0.39 is 5.97 Å². The van der Waals surface area contributed by atoms with Crippen molar-refractivity contribution in [2.45, 2.75) is 13.5 Å². The van der Waals surface area contributed by atoms with Gasteiger partial charge < -0.3 is 14.8 Å². The quantitative estimate of drug-likeness (QED) is 0.632. The number of benzene rings is 2. The molecule has 0 aromatic heterocycles. The Labute approximate surface area is 151 Å². The Morgan fingerprint density at radius 3 is 2.50 bits per heavy atom.